The van der Waals surface area contributed by atoms with Crippen LogP contribution in [0.4, 0.5) is 5.69 Å². The van der Waals surface area contributed by atoms with E-state index < -0.39 is 0 Å². The van der Waals surface area contributed by atoms with Crippen LogP contribution in [0.15, 0.2) is 42.5 Å². The van der Waals surface area contributed by atoms with E-state index in [1.54, 1.807) is 11.3 Å². The molecule has 0 spiro atoms. The van der Waals surface area contributed by atoms with Gasteiger partial charge >= 0.3 is 0 Å². The number of aromatic nitrogens is 1. The van der Waals surface area contributed by atoms with Crippen molar-refractivity contribution in [1.82, 2.24) is 4.98 Å². The van der Waals surface area contributed by atoms with Crippen LogP contribution in [0.5, 0.6) is 0 Å². The number of nitrogens with two attached hydrogens (primary N) is 1. The van der Waals surface area contributed by atoms with Crippen molar-refractivity contribution in [3.63, 3.8) is 0 Å². The maximum absolute atomic E-state index is 5.79. The first-order valence-corrected chi connectivity index (χ1v) is 7.23. The first-order valence-electron chi connectivity index (χ1n) is 6.41. The zero-order valence-corrected chi connectivity index (χ0v) is 11.7. The van der Waals surface area contributed by atoms with Crippen molar-refractivity contribution in [1.29, 1.82) is 0 Å². The van der Waals surface area contributed by atoms with Gasteiger partial charge in [0.05, 0.1) is 15.2 Å². The minimum atomic E-state index is 0.807. The second kappa shape index (κ2) is 5.02. The summed E-state index contributed by atoms with van der Waals surface area (Å²) in [6, 6.07) is 14.6. The van der Waals surface area contributed by atoms with Gasteiger partial charge in [-0.1, -0.05) is 29.8 Å². The molecule has 0 unspecified atom stereocenters. The van der Waals surface area contributed by atoms with E-state index in [4.69, 9.17) is 5.73 Å². The van der Waals surface area contributed by atoms with Crippen molar-refractivity contribution in [3.05, 3.63) is 58.6 Å². The first kappa shape index (κ1) is 12.2. The number of aryl methyl sites for hydroxylation is 3. The lowest BCUT2D eigenvalue weighted by molar-refractivity contribution is 0.948. The summed E-state index contributed by atoms with van der Waals surface area (Å²) in [4.78, 5) is 4.65. The maximum Gasteiger partial charge on any atom is 0.0941 e. The predicted octanol–water partition coefficient (Wildman–Crippen LogP) is 3.97. The summed E-state index contributed by atoms with van der Waals surface area (Å²) in [5, 5.41) is 1.18. The van der Waals surface area contributed by atoms with Crippen LogP contribution in [0.1, 0.15) is 16.1 Å². The molecule has 0 bridgehead atoms. The number of rotatable bonds is 3. The monoisotopic (exact) mass is 268 g/mol. The van der Waals surface area contributed by atoms with Crippen LogP contribution in [0.3, 0.4) is 0 Å². The molecule has 0 aliphatic carbocycles. The Balaban J connectivity index is 1.76. The zero-order chi connectivity index (χ0) is 13.2. The standard InChI is InChI=1S/C16H16N2S/c1-11-2-4-12(5-3-11)6-9-16-18-14-8-7-13(17)10-15(14)19-16/h2-5,7-8,10H,6,9,17H2,1H3. The topological polar surface area (TPSA) is 38.9 Å². The fourth-order valence-electron chi connectivity index (χ4n) is 2.10. The van der Waals surface area contributed by atoms with Gasteiger partial charge in [0.25, 0.3) is 0 Å². The Morgan fingerprint density at radius 1 is 1.05 bits per heavy atom. The van der Waals surface area contributed by atoms with Crippen molar-refractivity contribution in [2.75, 3.05) is 5.73 Å². The van der Waals surface area contributed by atoms with Crippen molar-refractivity contribution >= 4 is 27.2 Å². The molecule has 0 radical (unpaired) electrons. The molecule has 2 aromatic carbocycles. The summed E-state index contributed by atoms with van der Waals surface area (Å²) >= 11 is 1.74. The van der Waals surface area contributed by atoms with Gasteiger partial charge in [0.1, 0.15) is 0 Å². The molecule has 3 rings (SSSR count). The molecule has 0 atom stereocenters. The van der Waals surface area contributed by atoms with Gasteiger partial charge in [0.2, 0.25) is 0 Å². The third kappa shape index (κ3) is 2.76. The van der Waals surface area contributed by atoms with E-state index in [0.29, 0.717) is 0 Å². The smallest absolute Gasteiger partial charge is 0.0941 e. The number of hydrogen-bond acceptors (Lipinski definition) is 3. The van der Waals surface area contributed by atoms with Gasteiger partial charge in [-0.3, -0.25) is 0 Å². The van der Waals surface area contributed by atoms with Crippen molar-refractivity contribution in [2.45, 2.75) is 19.8 Å². The lowest BCUT2D eigenvalue weighted by atomic mass is 10.1. The molecule has 1 aromatic heterocycles. The van der Waals surface area contributed by atoms with Crippen LogP contribution >= 0.6 is 11.3 Å². The van der Waals surface area contributed by atoms with E-state index >= 15 is 0 Å². The van der Waals surface area contributed by atoms with Gasteiger partial charge in [0.15, 0.2) is 0 Å². The fourth-order valence-corrected chi connectivity index (χ4v) is 3.12. The SMILES string of the molecule is Cc1ccc(CCc2nc3ccc(N)cc3s2)cc1. The quantitative estimate of drug-likeness (QED) is 0.730. The Morgan fingerprint density at radius 3 is 2.63 bits per heavy atom. The van der Waals surface area contributed by atoms with Gasteiger partial charge in [-0.15, -0.1) is 11.3 Å². The Labute approximate surface area is 116 Å². The Hall–Kier alpha value is -1.87. The molecular weight excluding hydrogens is 252 g/mol. The Bertz CT molecular complexity index is 698. The molecule has 0 saturated carbocycles. The summed E-state index contributed by atoms with van der Waals surface area (Å²) < 4.78 is 1.18. The number of nitrogens with zero attached hydrogens (tertiary/aromatic N) is 1. The minimum Gasteiger partial charge on any atom is -0.399 e. The normalized spacial score (nSPS) is 11.0. The molecule has 2 N–H and O–H groups in total. The lowest BCUT2D eigenvalue weighted by Crippen LogP contribution is -1.90. The van der Waals surface area contributed by atoms with Crippen LogP contribution in [0, 0.1) is 6.92 Å². The number of fused-ring (bicyclic) bond motifs is 1. The highest BCUT2D eigenvalue weighted by Crippen LogP contribution is 2.25. The van der Waals surface area contributed by atoms with E-state index in [1.165, 1.54) is 20.8 Å². The van der Waals surface area contributed by atoms with E-state index in [9.17, 15) is 0 Å². The summed E-state index contributed by atoms with van der Waals surface area (Å²) in [5.41, 5.74) is 10.3. The molecule has 19 heavy (non-hydrogen) atoms. The largest absolute Gasteiger partial charge is 0.399 e. The van der Waals surface area contributed by atoms with Gasteiger partial charge < -0.3 is 5.73 Å². The van der Waals surface area contributed by atoms with Crippen LogP contribution in [0.2, 0.25) is 0 Å². The van der Waals surface area contributed by atoms with Crippen LogP contribution < -0.4 is 5.73 Å². The van der Waals surface area contributed by atoms with E-state index in [0.717, 1.165) is 24.0 Å². The van der Waals surface area contributed by atoms with E-state index in [-0.39, 0.29) is 0 Å². The third-order valence-corrected chi connectivity index (χ3v) is 4.28. The van der Waals surface area contributed by atoms with Crippen molar-refractivity contribution in [2.24, 2.45) is 0 Å². The highest BCUT2D eigenvalue weighted by molar-refractivity contribution is 7.18. The highest BCUT2D eigenvalue weighted by atomic mass is 32.1. The predicted molar refractivity (Wildman–Crippen MR) is 82.6 cm³/mol. The Kier molecular flexibility index (Phi) is 3.22. The molecule has 0 fully saturated rings. The minimum absolute atomic E-state index is 0.807. The lowest BCUT2D eigenvalue weighted by Gasteiger charge is -1.99. The van der Waals surface area contributed by atoms with Crippen LogP contribution in [-0.4, -0.2) is 4.98 Å². The van der Waals surface area contributed by atoms with Gasteiger partial charge in [-0.25, -0.2) is 4.98 Å². The number of benzene rings is 2. The maximum atomic E-state index is 5.79. The van der Waals surface area contributed by atoms with Crippen molar-refractivity contribution < 1.29 is 0 Å². The van der Waals surface area contributed by atoms with Gasteiger partial charge in [0, 0.05) is 12.1 Å². The second-order valence-corrected chi connectivity index (χ2v) is 5.94. The number of nitrogen functional groups attached to an aromatic ring is 1. The second-order valence-electron chi connectivity index (χ2n) is 4.82. The molecule has 0 aliphatic rings. The molecule has 1 heterocycles. The highest BCUT2D eigenvalue weighted by Gasteiger charge is 2.04. The molecule has 0 saturated heterocycles. The third-order valence-electron chi connectivity index (χ3n) is 3.20. The number of hydrogen-bond donors (Lipinski definition) is 1. The molecular formula is C16H16N2S. The molecule has 2 nitrogen and oxygen atoms in total. The average molecular weight is 268 g/mol. The summed E-state index contributed by atoms with van der Waals surface area (Å²) in [5.74, 6) is 0. The zero-order valence-electron chi connectivity index (χ0n) is 10.9. The fraction of sp³-hybridized carbons (Fsp3) is 0.188. The summed E-state index contributed by atoms with van der Waals surface area (Å²) in [6.45, 7) is 2.11. The molecule has 3 heteroatoms. The van der Waals surface area contributed by atoms with Gasteiger partial charge in [-0.2, -0.15) is 0 Å². The molecule has 0 aliphatic heterocycles. The average Bonchev–Trinajstić information content (AvgIpc) is 2.80. The summed E-state index contributed by atoms with van der Waals surface area (Å²) in [7, 11) is 0. The molecule has 3 aromatic rings. The van der Waals surface area contributed by atoms with E-state index in [1.807, 2.05) is 18.2 Å². The number of thiazole rings is 1. The Morgan fingerprint density at radius 2 is 1.84 bits per heavy atom. The summed E-state index contributed by atoms with van der Waals surface area (Å²) in [6.07, 6.45) is 2.03. The number of anilines is 1. The first-order chi connectivity index (χ1) is 9.20. The van der Waals surface area contributed by atoms with Crippen LogP contribution in [-0.2, 0) is 12.8 Å². The van der Waals surface area contributed by atoms with Crippen LogP contribution in [0.25, 0.3) is 10.2 Å². The van der Waals surface area contributed by atoms with Gasteiger partial charge in [-0.05, 0) is 37.1 Å². The molecule has 0 amide bonds. The van der Waals surface area contributed by atoms with Crippen molar-refractivity contribution in [3.8, 4) is 0 Å². The molecule has 96 valence electrons. The van der Waals surface area contributed by atoms with E-state index in [2.05, 4.69) is 36.2 Å².